The molecule has 0 fully saturated rings. The van der Waals surface area contributed by atoms with Gasteiger partial charge in [-0.25, -0.2) is 4.79 Å². The van der Waals surface area contributed by atoms with Crippen molar-refractivity contribution >= 4 is 17.9 Å². The van der Waals surface area contributed by atoms with E-state index in [0.29, 0.717) is 11.3 Å². The summed E-state index contributed by atoms with van der Waals surface area (Å²) in [5.74, 6) is 0.877. The van der Waals surface area contributed by atoms with Crippen LogP contribution in [0.15, 0.2) is 78.0 Å². The molecule has 0 unspecified atom stereocenters. The van der Waals surface area contributed by atoms with Crippen molar-refractivity contribution in [2.45, 2.75) is 58.3 Å². The predicted octanol–water partition coefficient (Wildman–Crippen LogP) is 7.57. The number of hydrogen-bond acceptors (Lipinski definition) is 5. The third-order valence-electron chi connectivity index (χ3n) is 5.46. The second-order valence-electron chi connectivity index (χ2n) is 8.28. The Kier molecular flexibility index (Phi) is 10.8. The van der Waals surface area contributed by atoms with Gasteiger partial charge < -0.3 is 9.47 Å². The van der Waals surface area contributed by atoms with Gasteiger partial charge in [0, 0.05) is 12.4 Å². The van der Waals surface area contributed by atoms with Crippen molar-refractivity contribution in [3.63, 3.8) is 0 Å². The van der Waals surface area contributed by atoms with Gasteiger partial charge in [-0.2, -0.15) is 0 Å². The van der Waals surface area contributed by atoms with E-state index in [1.807, 2.05) is 24.3 Å². The molecule has 3 rings (SSSR count). The Morgan fingerprint density at radius 1 is 0.853 bits per heavy atom. The molecule has 3 aromatic rings. The van der Waals surface area contributed by atoms with Crippen molar-refractivity contribution in [2.24, 2.45) is 4.99 Å². The molecule has 0 saturated heterocycles. The van der Waals surface area contributed by atoms with Gasteiger partial charge in [-0.15, -0.1) is 0 Å². The van der Waals surface area contributed by atoms with Gasteiger partial charge in [-0.3, -0.25) is 9.98 Å². The third kappa shape index (κ3) is 9.18. The molecule has 0 N–H and O–H groups in total. The van der Waals surface area contributed by atoms with Crippen LogP contribution in [-0.2, 0) is 0 Å². The summed E-state index contributed by atoms with van der Waals surface area (Å²) in [7, 11) is 0. The number of carbonyl (C=O) groups excluding carboxylic acids is 1. The topological polar surface area (TPSA) is 60.8 Å². The highest BCUT2D eigenvalue weighted by Gasteiger charge is 2.08. The van der Waals surface area contributed by atoms with E-state index in [0.717, 1.165) is 30.0 Å². The number of pyridine rings is 1. The van der Waals surface area contributed by atoms with Crippen LogP contribution in [0, 0.1) is 0 Å². The summed E-state index contributed by atoms with van der Waals surface area (Å²) >= 11 is 0. The Hall–Kier alpha value is -3.47. The van der Waals surface area contributed by atoms with E-state index >= 15 is 0 Å². The monoisotopic (exact) mass is 458 g/mol. The molecule has 0 aliphatic heterocycles. The van der Waals surface area contributed by atoms with E-state index in [1.165, 1.54) is 51.1 Å². The molecule has 0 amide bonds. The van der Waals surface area contributed by atoms with Crippen LogP contribution in [-0.4, -0.2) is 23.8 Å². The van der Waals surface area contributed by atoms with Gasteiger partial charge in [0.05, 0.1) is 24.1 Å². The Bertz CT molecular complexity index is 1000. The van der Waals surface area contributed by atoms with E-state index in [9.17, 15) is 4.79 Å². The summed E-state index contributed by atoms with van der Waals surface area (Å²) in [5.41, 5.74) is 2.20. The van der Waals surface area contributed by atoms with Crippen LogP contribution in [0.4, 0.5) is 5.69 Å². The highest BCUT2D eigenvalue weighted by atomic mass is 16.5. The SMILES string of the molecule is CCCCCCCCCCOc1ccc(C=Nc2ccc(C(=O)Oc3cccnc3)cc2)cc1. The van der Waals surface area contributed by atoms with E-state index in [4.69, 9.17) is 9.47 Å². The van der Waals surface area contributed by atoms with Gasteiger partial charge in [0.25, 0.3) is 0 Å². The molecule has 0 saturated carbocycles. The molecular formula is C29H34N2O3. The molecule has 1 aromatic heterocycles. The van der Waals surface area contributed by atoms with E-state index in [1.54, 1.807) is 48.8 Å². The first-order valence-electron chi connectivity index (χ1n) is 12.2. The lowest BCUT2D eigenvalue weighted by molar-refractivity contribution is 0.0734. The minimum atomic E-state index is -0.425. The van der Waals surface area contributed by atoms with Crippen LogP contribution in [0.3, 0.4) is 0 Å². The summed E-state index contributed by atoms with van der Waals surface area (Å²) in [6, 6.07) is 18.3. The first-order chi connectivity index (χ1) is 16.7. The zero-order valence-corrected chi connectivity index (χ0v) is 20.0. The van der Waals surface area contributed by atoms with Gasteiger partial charge in [-0.05, 0) is 72.6 Å². The quantitative estimate of drug-likeness (QED) is 0.142. The van der Waals surface area contributed by atoms with Gasteiger partial charge in [0.15, 0.2) is 0 Å². The van der Waals surface area contributed by atoms with Crippen LogP contribution in [0.25, 0.3) is 0 Å². The number of esters is 1. The molecule has 0 bridgehead atoms. The molecule has 2 aromatic carbocycles. The highest BCUT2D eigenvalue weighted by Crippen LogP contribution is 2.17. The average molecular weight is 459 g/mol. The fourth-order valence-corrected chi connectivity index (χ4v) is 3.48. The fourth-order valence-electron chi connectivity index (χ4n) is 3.48. The third-order valence-corrected chi connectivity index (χ3v) is 5.46. The van der Waals surface area contributed by atoms with Crippen molar-refractivity contribution in [1.29, 1.82) is 0 Å². The second kappa shape index (κ2) is 14.6. The van der Waals surface area contributed by atoms with Gasteiger partial charge >= 0.3 is 5.97 Å². The first kappa shape index (κ1) is 25.2. The highest BCUT2D eigenvalue weighted by molar-refractivity contribution is 5.91. The Morgan fingerprint density at radius 2 is 1.56 bits per heavy atom. The number of carbonyl (C=O) groups is 1. The zero-order valence-electron chi connectivity index (χ0n) is 20.0. The van der Waals surface area contributed by atoms with Crippen molar-refractivity contribution in [2.75, 3.05) is 6.61 Å². The maximum absolute atomic E-state index is 12.2. The predicted molar refractivity (Wildman–Crippen MR) is 137 cm³/mol. The largest absolute Gasteiger partial charge is 0.494 e. The molecule has 34 heavy (non-hydrogen) atoms. The summed E-state index contributed by atoms with van der Waals surface area (Å²) in [6.07, 6.45) is 15.3. The molecule has 0 aliphatic carbocycles. The molecule has 5 nitrogen and oxygen atoms in total. The molecular weight excluding hydrogens is 424 g/mol. The Balaban J connectivity index is 1.38. The number of aliphatic imine (C=N–C) groups is 1. The van der Waals surface area contributed by atoms with Crippen molar-refractivity contribution in [3.8, 4) is 11.5 Å². The van der Waals surface area contributed by atoms with Crippen LogP contribution >= 0.6 is 0 Å². The van der Waals surface area contributed by atoms with Gasteiger partial charge in [0.1, 0.15) is 11.5 Å². The molecule has 5 heteroatoms. The summed E-state index contributed by atoms with van der Waals surface area (Å²) < 4.78 is 11.1. The summed E-state index contributed by atoms with van der Waals surface area (Å²) in [6.45, 7) is 3.01. The van der Waals surface area contributed by atoms with Gasteiger partial charge in [0.2, 0.25) is 0 Å². The van der Waals surface area contributed by atoms with Crippen LogP contribution in [0.1, 0.15) is 74.2 Å². The number of ether oxygens (including phenoxy) is 2. The summed E-state index contributed by atoms with van der Waals surface area (Å²) in [4.78, 5) is 20.6. The standard InChI is InChI=1S/C29H34N2O3/c1-2-3-4-5-6-7-8-9-21-33-27-18-12-24(13-19-27)22-31-26-16-14-25(15-17-26)29(32)34-28-11-10-20-30-23-28/h10-20,22-23H,2-9,21H2,1H3. The second-order valence-corrected chi connectivity index (χ2v) is 8.28. The molecule has 178 valence electrons. The number of unbranched alkanes of at least 4 members (excludes halogenated alkanes) is 7. The van der Waals surface area contributed by atoms with Crippen LogP contribution in [0.2, 0.25) is 0 Å². The normalized spacial score (nSPS) is 11.0. The maximum atomic E-state index is 12.2. The smallest absolute Gasteiger partial charge is 0.343 e. The van der Waals surface area contributed by atoms with Crippen molar-refractivity contribution < 1.29 is 14.3 Å². The van der Waals surface area contributed by atoms with E-state index in [2.05, 4.69) is 16.9 Å². The minimum absolute atomic E-state index is 0.417. The van der Waals surface area contributed by atoms with E-state index < -0.39 is 5.97 Å². The van der Waals surface area contributed by atoms with Gasteiger partial charge in [-0.1, -0.05) is 51.9 Å². The van der Waals surface area contributed by atoms with Crippen molar-refractivity contribution in [3.05, 3.63) is 84.2 Å². The number of nitrogens with zero attached hydrogens (tertiary/aromatic N) is 2. The lowest BCUT2D eigenvalue weighted by Gasteiger charge is -2.06. The summed E-state index contributed by atoms with van der Waals surface area (Å²) in [5, 5.41) is 0. The van der Waals surface area contributed by atoms with Crippen LogP contribution < -0.4 is 9.47 Å². The maximum Gasteiger partial charge on any atom is 0.343 e. The Morgan fingerprint density at radius 3 is 2.24 bits per heavy atom. The first-order valence-corrected chi connectivity index (χ1v) is 12.2. The number of aromatic nitrogens is 1. The molecule has 1 heterocycles. The lowest BCUT2D eigenvalue weighted by Crippen LogP contribution is -2.08. The Labute approximate surface area is 202 Å². The molecule has 0 aliphatic rings. The fraction of sp³-hybridized carbons (Fsp3) is 0.345. The van der Waals surface area contributed by atoms with E-state index in [-0.39, 0.29) is 0 Å². The number of rotatable bonds is 14. The van der Waals surface area contributed by atoms with Crippen LogP contribution in [0.5, 0.6) is 11.5 Å². The van der Waals surface area contributed by atoms with Crippen molar-refractivity contribution in [1.82, 2.24) is 4.98 Å². The average Bonchev–Trinajstić information content (AvgIpc) is 2.88. The molecule has 0 radical (unpaired) electrons. The number of benzene rings is 2. The number of hydrogen-bond donors (Lipinski definition) is 0. The zero-order chi connectivity index (χ0) is 23.8. The molecule has 0 atom stereocenters. The lowest BCUT2D eigenvalue weighted by atomic mass is 10.1. The minimum Gasteiger partial charge on any atom is -0.494 e. The molecule has 0 spiro atoms.